The van der Waals surface area contributed by atoms with E-state index < -0.39 is 11.9 Å². The van der Waals surface area contributed by atoms with Crippen molar-refractivity contribution in [1.82, 2.24) is 0 Å². The van der Waals surface area contributed by atoms with Crippen LogP contribution in [0, 0.1) is 0 Å². The highest BCUT2D eigenvalue weighted by atomic mass is 79.9. The number of hydrogen-bond donors (Lipinski definition) is 0. The normalized spacial score (nSPS) is 13.3. The third-order valence-corrected chi connectivity index (χ3v) is 4.24. The molecule has 0 spiro atoms. The minimum atomic E-state index is -0.691. The molecule has 0 saturated carbocycles. The van der Waals surface area contributed by atoms with Gasteiger partial charge in [0.25, 0.3) is 0 Å². The monoisotopic (exact) mass is 423 g/mol. The Morgan fingerprint density at radius 2 is 1.54 bits per heavy atom. The third-order valence-electron chi connectivity index (χ3n) is 3.60. The van der Waals surface area contributed by atoms with Gasteiger partial charge < -0.3 is 23.8 Å². The Morgan fingerprint density at radius 1 is 0.923 bits per heavy atom. The summed E-state index contributed by atoms with van der Waals surface area (Å²) in [6, 6.07) is 3.38. The lowest BCUT2D eigenvalue weighted by molar-refractivity contribution is -0.139. The van der Waals surface area contributed by atoms with Crippen molar-refractivity contribution in [2.24, 2.45) is 0 Å². The molecule has 1 aliphatic heterocycles. The van der Waals surface area contributed by atoms with Gasteiger partial charge in [-0.3, -0.25) is 0 Å². The number of carbonyl (C=O) groups is 2. The van der Waals surface area contributed by atoms with Gasteiger partial charge in [0.2, 0.25) is 0 Å². The molecule has 26 heavy (non-hydrogen) atoms. The molecule has 1 aliphatic rings. The molecular weight excluding hydrogens is 406 g/mol. The van der Waals surface area contributed by atoms with Gasteiger partial charge in [-0.15, -0.1) is 0 Å². The fourth-order valence-electron chi connectivity index (χ4n) is 2.38. The van der Waals surface area contributed by atoms with E-state index in [0.717, 1.165) is 0 Å². The molecule has 2 rings (SSSR count). The van der Waals surface area contributed by atoms with Crippen LogP contribution in [-0.4, -0.2) is 40.4 Å². The van der Waals surface area contributed by atoms with E-state index in [4.69, 9.17) is 18.9 Å². The number of hydrogen-bond acceptors (Lipinski definition) is 7. The average Bonchev–Trinajstić information content (AvgIpc) is 2.89. The van der Waals surface area contributed by atoms with Crippen molar-refractivity contribution in [2.75, 3.05) is 33.3 Å². The first kappa shape index (κ1) is 19.6. The quantitative estimate of drug-likeness (QED) is 0.673. The largest absolute Gasteiger partial charge is 0.493 e. The predicted octanol–water partition coefficient (Wildman–Crippen LogP) is 2.96. The van der Waals surface area contributed by atoms with Crippen LogP contribution >= 0.6 is 15.9 Å². The molecule has 0 N–H and O–H groups in total. The molecule has 1 heterocycles. The molecule has 1 aromatic rings. The Hall–Kier alpha value is -2.74. The summed E-state index contributed by atoms with van der Waals surface area (Å²) in [6.45, 7) is 0. The van der Waals surface area contributed by atoms with Crippen molar-refractivity contribution in [3.8, 4) is 11.5 Å². The van der Waals surface area contributed by atoms with E-state index in [2.05, 4.69) is 15.9 Å². The molecule has 0 aromatic heterocycles. The topological polar surface area (TPSA) is 74.3 Å². The van der Waals surface area contributed by atoms with E-state index in [0.29, 0.717) is 21.7 Å². The van der Waals surface area contributed by atoms with Crippen LogP contribution in [-0.2, 0) is 19.1 Å². The number of methoxy groups -OCH3 is 4. The number of allylic oxidation sites excluding steroid dienone is 2. The van der Waals surface area contributed by atoms with Gasteiger partial charge in [-0.1, -0.05) is 6.08 Å². The first-order valence-corrected chi connectivity index (χ1v) is 8.24. The highest BCUT2D eigenvalue weighted by Crippen LogP contribution is 2.40. The molecule has 1 aromatic carbocycles. The fraction of sp³-hybridized carbons (Fsp3) is 0.222. The van der Waals surface area contributed by atoms with Crippen LogP contribution in [0.15, 0.2) is 52.3 Å². The van der Waals surface area contributed by atoms with Gasteiger partial charge in [-0.2, -0.15) is 0 Å². The second-order valence-electron chi connectivity index (χ2n) is 4.97. The van der Waals surface area contributed by atoms with Crippen LogP contribution in [0.4, 0.5) is 5.69 Å². The molecule has 0 fully saturated rings. The van der Waals surface area contributed by atoms with Gasteiger partial charge in [-0.05, 0) is 28.1 Å². The van der Waals surface area contributed by atoms with Crippen molar-refractivity contribution < 1.29 is 28.5 Å². The molecule has 138 valence electrons. The second-order valence-corrected chi connectivity index (χ2v) is 5.83. The summed E-state index contributed by atoms with van der Waals surface area (Å²) in [6.07, 6.45) is 6.43. The van der Waals surface area contributed by atoms with E-state index in [9.17, 15) is 9.59 Å². The van der Waals surface area contributed by atoms with Gasteiger partial charge in [0.15, 0.2) is 11.5 Å². The summed E-state index contributed by atoms with van der Waals surface area (Å²) in [7, 11) is 5.51. The lowest BCUT2D eigenvalue weighted by Gasteiger charge is -2.25. The molecule has 0 amide bonds. The highest BCUT2D eigenvalue weighted by molar-refractivity contribution is 9.10. The standard InChI is InChI=1S/C18H18BrNO6/c1-23-14-9-12(19)13(10-15(14)24-2)20-8-6-5-7-11(17(21)25-3)16(20)18(22)26-4/h5-10H,1-4H3. The molecule has 0 aliphatic carbocycles. The Morgan fingerprint density at radius 3 is 2.12 bits per heavy atom. The van der Waals surface area contributed by atoms with Crippen molar-refractivity contribution >= 4 is 33.6 Å². The maximum absolute atomic E-state index is 12.5. The number of benzene rings is 1. The Bertz CT molecular complexity index is 812. The van der Waals surface area contributed by atoms with Crippen LogP contribution < -0.4 is 14.4 Å². The molecule has 7 nitrogen and oxygen atoms in total. The summed E-state index contributed by atoms with van der Waals surface area (Å²) in [5, 5.41) is 0. The van der Waals surface area contributed by atoms with Gasteiger partial charge in [-0.25, -0.2) is 9.59 Å². The lowest BCUT2D eigenvalue weighted by Crippen LogP contribution is -2.27. The number of anilines is 1. The van der Waals surface area contributed by atoms with E-state index >= 15 is 0 Å². The van der Waals surface area contributed by atoms with Crippen LogP contribution in [0.25, 0.3) is 0 Å². The van der Waals surface area contributed by atoms with Crippen LogP contribution in [0.2, 0.25) is 0 Å². The Labute approximate surface area is 159 Å². The zero-order valence-corrected chi connectivity index (χ0v) is 16.3. The molecule has 8 heteroatoms. The number of nitrogens with zero attached hydrogens (tertiary/aromatic N) is 1. The second kappa shape index (κ2) is 8.57. The minimum absolute atomic E-state index is 0.0114. The molecule has 0 atom stereocenters. The van der Waals surface area contributed by atoms with Crippen LogP contribution in [0.1, 0.15) is 0 Å². The van der Waals surface area contributed by atoms with Crippen molar-refractivity contribution in [2.45, 2.75) is 0 Å². The average molecular weight is 424 g/mol. The van der Waals surface area contributed by atoms with Crippen molar-refractivity contribution in [1.29, 1.82) is 0 Å². The smallest absolute Gasteiger partial charge is 0.355 e. The molecule has 0 radical (unpaired) electrons. The predicted molar refractivity (Wildman–Crippen MR) is 99.1 cm³/mol. The zero-order chi connectivity index (χ0) is 19.3. The fourth-order valence-corrected chi connectivity index (χ4v) is 2.89. The third kappa shape index (κ3) is 3.75. The maximum Gasteiger partial charge on any atom is 0.355 e. The summed E-state index contributed by atoms with van der Waals surface area (Å²) in [5.74, 6) is -0.382. The van der Waals surface area contributed by atoms with Gasteiger partial charge in [0.05, 0.1) is 39.7 Å². The highest BCUT2D eigenvalue weighted by Gasteiger charge is 2.29. The van der Waals surface area contributed by atoms with E-state index in [-0.39, 0.29) is 11.3 Å². The summed E-state index contributed by atoms with van der Waals surface area (Å²) in [5.41, 5.74) is 0.618. The summed E-state index contributed by atoms with van der Waals surface area (Å²) in [4.78, 5) is 26.2. The Balaban J connectivity index is 2.73. The van der Waals surface area contributed by atoms with E-state index in [1.807, 2.05) is 0 Å². The van der Waals surface area contributed by atoms with E-state index in [1.54, 1.807) is 30.5 Å². The van der Waals surface area contributed by atoms with Crippen molar-refractivity contribution in [3.05, 3.63) is 52.3 Å². The SMILES string of the molecule is COC(=O)C1=C(C(=O)OC)N(c2cc(OC)c(OC)cc2Br)C=CC=C1. The van der Waals surface area contributed by atoms with E-state index in [1.165, 1.54) is 39.4 Å². The van der Waals surface area contributed by atoms with Gasteiger partial charge >= 0.3 is 11.9 Å². The number of carbonyl (C=O) groups excluding carboxylic acids is 2. The number of ether oxygens (including phenoxy) is 4. The molecule has 0 unspecified atom stereocenters. The Kier molecular flexibility index (Phi) is 6.46. The first-order valence-electron chi connectivity index (χ1n) is 7.45. The minimum Gasteiger partial charge on any atom is -0.493 e. The van der Waals surface area contributed by atoms with Crippen LogP contribution in [0.3, 0.4) is 0 Å². The molecule has 0 bridgehead atoms. The number of halogens is 1. The summed E-state index contributed by atoms with van der Waals surface area (Å²) >= 11 is 3.46. The number of rotatable bonds is 5. The lowest BCUT2D eigenvalue weighted by atomic mass is 10.1. The molecule has 0 saturated heterocycles. The first-order chi connectivity index (χ1) is 12.5. The van der Waals surface area contributed by atoms with Crippen LogP contribution in [0.5, 0.6) is 11.5 Å². The van der Waals surface area contributed by atoms with Gasteiger partial charge in [0, 0.05) is 22.8 Å². The zero-order valence-electron chi connectivity index (χ0n) is 14.7. The van der Waals surface area contributed by atoms with Crippen molar-refractivity contribution in [3.63, 3.8) is 0 Å². The summed E-state index contributed by atoms with van der Waals surface area (Å²) < 4.78 is 20.9. The number of esters is 2. The molecular formula is C18H18BrNO6. The van der Waals surface area contributed by atoms with Gasteiger partial charge in [0.1, 0.15) is 5.70 Å². The maximum atomic E-state index is 12.5.